The Hall–Kier alpha value is -1.51. The maximum absolute atomic E-state index is 5.94. The van der Waals surface area contributed by atoms with Crippen molar-refractivity contribution in [2.24, 2.45) is 0 Å². The zero-order chi connectivity index (χ0) is 14.4. The normalized spacial score (nSPS) is 12.2. The van der Waals surface area contributed by atoms with Gasteiger partial charge >= 0.3 is 0 Å². The van der Waals surface area contributed by atoms with Gasteiger partial charge in [0.25, 0.3) is 0 Å². The van der Waals surface area contributed by atoms with Crippen molar-refractivity contribution in [1.82, 2.24) is 5.32 Å². The summed E-state index contributed by atoms with van der Waals surface area (Å²) in [6.45, 7) is 5.37. The van der Waals surface area contributed by atoms with E-state index in [2.05, 4.69) is 31.3 Å². The Morgan fingerprint density at radius 2 is 1.85 bits per heavy atom. The van der Waals surface area contributed by atoms with E-state index in [1.807, 2.05) is 30.3 Å². The van der Waals surface area contributed by atoms with Crippen LogP contribution in [0.1, 0.15) is 31.9 Å². The number of ether oxygens (including phenoxy) is 1. The molecule has 2 rings (SSSR count). The average Bonchev–Trinajstić information content (AvgIpc) is 2.45. The van der Waals surface area contributed by atoms with Crippen molar-refractivity contribution in [2.75, 3.05) is 6.54 Å². The highest BCUT2D eigenvalue weighted by Gasteiger charge is 2.04. The van der Waals surface area contributed by atoms with Gasteiger partial charge in [0, 0.05) is 11.1 Å². The molecule has 2 aromatic rings. The molecule has 0 bridgehead atoms. The first-order valence-corrected chi connectivity index (χ1v) is 7.33. The summed E-state index contributed by atoms with van der Waals surface area (Å²) >= 11 is 5.94. The second kappa shape index (κ2) is 7.32. The molecule has 3 heteroatoms. The summed E-state index contributed by atoms with van der Waals surface area (Å²) in [7, 11) is 0. The lowest BCUT2D eigenvalue weighted by Crippen LogP contribution is -2.19. The first-order valence-electron chi connectivity index (χ1n) is 6.96. The summed E-state index contributed by atoms with van der Waals surface area (Å²) in [5, 5.41) is 4.14. The quantitative estimate of drug-likeness (QED) is 0.790. The number of hydrogen-bond acceptors (Lipinski definition) is 2. The Labute approximate surface area is 125 Å². The summed E-state index contributed by atoms with van der Waals surface area (Å²) in [6, 6.07) is 15.9. The van der Waals surface area contributed by atoms with Gasteiger partial charge in [-0.3, -0.25) is 0 Å². The standard InChI is InChI=1S/C17H20ClNO/c1-3-11-19-13(2)14-7-9-16(10-8-14)20-17-6-4-5-15(18)12-17/h4-10,12-13,19H,3,11H2,1-2H3. The highest BCUT2D eigenvalue weighted by atomic mass is 35.5. The number of benzene rings is 2. The summed E-state index contributed by atoms with van der Waals surface area (Å²) in [5.41, 5.74) is 1.26. The summed E-state index contributed by atoms with van der Waals surface area (Å²) < 4.78 is 5.77. The number of rotatable bonds is 6. The molecule has 2 aromatic carbocycles. The molecule has 0 fully saturated rings. The molecule has 0 aliphatic rings. The zero-order valence-electron chi connectivity index (χ0n) is 11.9. The summed E-state index contributed by atoms with van der Waals surface area (Å²) in [4.78, 5) is 0. The van der Waals surface area contributed by atoms with Crippen LogP contribution in [0.15, 0.2) is 48.5 Å². The van der Waals surface area contributed by atoms with Gasteiger partial charge < -0.3 is 10.1 Å². The molecule has 0 aliphatic carbocycles. The minimum Gasteiger partial charge on any atom is -0.457 e. The fourth-order valence-electron chi connectivity index (χ4n) is 1.97. The third-order valence-corrected chi connectivity index (χ3v) is 3.35. The molecule has 0 saturated heterocycles. The van der Waals surface area contributed by atoms with Gasteiger partial charge in [-0.2, -0.15) is 0 Å². The highest BCUT2D eigenvalue weighted by molar-refractivity contribution is 6.30. The summed E-state index contributed by atoms with van der Waals surface area (Å²) in [6.07, 6.45) is 1.14. The van der Waals surface area contributed by atoms with Gasteiger partial charge in [-0.05, 0) is 55.8 Å². The second-order valence-electron chi connectivity index (χ2n) is 4.80. The van der Waals surface area contributed by atoms with Crippen molar-refractivity contribution in [1.29, 1.82) is 0 Å². The lowest BCUT2D eigenvalue weighted by Gasteiger charge is -2.14. The van der Waals surface area contributed by atoms with Crippen LogP contribution in [0.2, 0.25) is 5.02 Å². The van der Waals surface area contributed by atoms with Gasteiger partial charge in [0.15, 0.2) is 0 Å². The first kappa shape index (κ1) is 14.9. The fraction of sp³-hybridized carbons (Fsp3) is 0.294. The molecule has 1 unspecified atom stereocenters. The largest absolute Gasteiger partial charge is 0.457 e. The first-order chi connectivity index (χ1) is 9.69. The predicted octanol–water partition coefficient (Wildman–Crippen LogP) is 5.19. The van der Waals surface area contributed by atoms with Crippen LogP contribution in [-0.2, 0) is 0 Å². The van der Waals surface area contributed by atoms with Gasteiger partial charge in [0.05, 0.1) is 0 Å². The Bertz CT molecular complexity index is 539. The Balaban J connectivity index is 2.01. The number of halogens is 1. The van der Waals surface area contributed by atoms with Crippen LogP contribution >= 0.6 is 11.6 Å². The number of hydrogen-bond donors (Lipinski definition) is 1. The monoisotopic (exact) mass is 289 g/mol. The molecule has 1 N–H and O–H groups in total. The fourth-order valence-corrected chi connectivity index (χ4v) is 2.15. The molecule has 0 aromatic heterocycles. The molecule has 0 heterocycles. The minimum absolute atomic E-state index is 0.357. The maximum Gasteiger partial charge on any atom is 0.128 e. The molecule has 0 aliphatic heterocycles. The molecule has 20 heavy (non-hydrogen) atoms. The topological polar surface area (TPSA) is 21.3 Å². The van der Waals surface area contributed by atoms with E-state index < -0.39 is 0 Å². The minimum atomic E-state index is 0.357. The molecule has 0 radical (unpaired) electrons. The van der Waals surface area contributed by atoms with E-state index in [4.69, 9.17) is 16.3 Å². The van der Waals surface area contributed by atoms with Gasteiger partial charge in [-0.15, -0.1) is 0 Å². The van der Waals surface area contributed by atoms with Crippen molar-refractivity contribution in [3.05, 3.63) is 59.1 Å². The third kappa shape index (κ3) is 4.26. The zero-order valence-corrected chi connectivity index (χ0v) is 12.7. The SMILES string of the molecule is CCCNC(C)c1ccc(Oc2cccc(Cl)c2)cc1. The Morgan fingerprint density at radius 3 is 2.50 bits per heavy atom. The lowest BCUT2D eigenvalue weighted by molar-refractivity contribution is 0.482. The van der Waals surface area contributed by atoms with Crippen LogP contribution in [0.25, 0.3) is 0 Å². The van der Waals surface area contributed by atoms with Gasteiger partial charge in [-0.25, -0.2) is 0 Å². The van der Waals surface area contributed by atoms with Crippen LogP contribution in [0, 0.1) is 0 Å². The lowest BCUT2D eigenvalue weighted by atomic mass is 10.1. The van der Waals surface area contributed by atoms with Crippen LogP contribution < -0.4 is 10.1 Å². The highest BCUT2D eigenvalue weighted by Crippen LogP contribution is 2.25. The predicted molar refractivity (Wildman–Crippen MR) is 84.7 cm³/mol. The van der Waals surface area contributed by atoms with Gasteiger partial charge in [0.2, 0.25) is 0 Å². The molecular formula is C17H20ClNO. The van der Waals surface area contributed by atoms with E-state index in [0.29, 0.717) is 11.1 Å². The molecule has 0 spiro atoms. The van der Waals surface area contributed by atoms with Crippen molar-refractivity contribution in [2.45, 2.75) is 26.3 Å². The molecule has 0 amide bonds. The van der Waals surface area contributed by atoms with Crippen molar-refractivity contribution in [3.63, 3.8) is 0 Å². The molecule has 0 saturated carbocycles. The van der Waals surface area contributed by atoms with Crippen LogP contribution in [-0.4, -0.2) is 6.54 Å². The van der Waals surface area contributed by atoms with Crippen molar-refractivity contribution in [3.8, 4) is 11.5 Å². The summed E-state index contributed by atoms with van der Waals surface area (Å²) in [5.74, 6) is 1.57. The van der Waals surface area contributed by atoms with E-state index in [1.54, 1.807) is 6.07 Å². The third-order valence-electron chi connectivity index (χ3n) is 3.11. The van der Waals surface area contributed by atoms with Gasteiger partial charge in [-0.1, -0.05) is 36.7 Å². The van der Waals surface area contributed by atoms with Gasteiger partial charge in [0.1, 0.15) is 11.5 Å². The van der Waals surface area contributed by atoms with Crippen LogP contribution in [0.4, 0.5) is 0 Å². The van der Waals surface area contributed by atoms with E-state index >= 15 is 0 Å². The molecule has 106 valence electrons. The van der Waals surface area contributed by atoms with E-state index in [1.165, 1.54) is 5.56 Å². The van der Waals surface area contributed by atoms with Crippen molar-refractivity contribution < 1.29 is 4.74 Å². The number of nitrogens with one attached hydrogen (secondary N) is 1. The van der Waals surface area contributed by atoms with Crippen molar-refractivity contribution >= 4 is 11.6 Å². The maximum atomic E-state index is 5.94. The average molecular weight is 290 g/mol. The second-order valence-corrected chi connectivity index (χ2v) is 5.24. The van der Waals surface area contributed by atoms with E-state index in [0.717, 1.165) is 24.5 Å². The molecule has 1 atom stereocenters. The van der Waals surface area contributed by atoms with E-state index in [-0.39, 0.29) is 0 Å². The van der Waals surface area contributed by atoms with E-state index in [9.17, 15) is 0 Å². The molecular weight excluding hydrogens is 270 g/mol. The smallest absolute Gasteiger partial charge is 0.128 e. The Kier molecular flexibility index (Phi) is 5.45. The van der Waals surface area contributed by atoms with Crippen LogP contribution in [0.5, 0.6) is 11.5 Å². The Morgan fingerprint density at radius 1 is 1.10 bits per heavy atom. The molecule has 2 nitrogen and oxygen atoms in total. The van der Waals surface area contributed by atoms with Crippen LogP contribution in [0.3, 0.4) is 0 Å².